The molecule has 2 aromatic carbocycles. The fourth-order valence-corrected chi connectivity index (χ4v) is 3.86. The molecule has 170 valence electrons. The maximum absolute atomic E-state index is 13.1. The number of rotatable bonds is 6. The Morgan fingerprint density at radius 1 is 1.18 bits per heavy atom. The Labute approximate surface area is 194 Å². The van der Waals surface area contributed by atoms with Gasteiger partial charge in [0.1, 0.15) is 6.20 Å². The molecule has 7 heteroatoms. The van der Waals surface area contributed by atoms with Crippen molar-refractivity contribution >= 4 is 17.5 Å². The zero-order valence-corrected chi connectivity index (χ0v) is 18.9. The Morgan fingerprint density at radius 2 is 1.88 bits per heavy atom. The van der Waals surface area contributed by atoms with E-state index in [2.05, 4.69) is 11.4 Å². The van der Waals surface area contributed by atoms with Crippen LogP contribution in [0.4, 0.5) is 5.69 Å². The number of aryl methyl sites for hydroxylation is 1. The van der Waals surface area contributed by atoms with Crippen LogP contribution in [0.5, 0.6) is 0 Å². The van der Waals surface area contributed by atoms with Gasteiger partial charge in [-0.1, -0.05) is 18.2 Å². The number of allylic oxidation sites excluding steroid dienone is 2. The predicted octanol–water partition coefficient (Wildman–Crippen LogP) is 3.24. The number of nitrogens with two attached hydrogens (primary N) is 1. The minimum absolute atomic E-state index is 0.0440. The number of benzene rings is 2. The van der Waals surface area contributed by atoms with Crippen molar-refractivity contribution in [3.05, 3.63) is 88.6 Å². The lowest BCUT2D eigenvalue weighted by molar-refractivity contribution is -0.838. The number of hydrogen-bond acceptors (Lipinski definition) is 4. The van der Waals surface area contributed by atoms with Gasteiger partial charge in [0.25, 0.3) is 11.8 Å². The van der Waals surface area contributed by atoms with E-state index < -0.39 is 0 Å². The Bertz CT molecular complexity index is 1110. The fraction of sp³-hybridized carbons (Fsp3) is 0.269. The first-order valence-corrected chi connectivity index (χ1v) is 10.9. The van der Waals surface area contributed by atoms with Gasteiger partial charge in [-0.25, -0.2) is 5.21 Å². The van der Waals surface area contributed by atoms with Crippen LogP contribution in [-0.4, -0.2) is 35.0 Å². The number of anilines is 1. The highest BCUT2D eigenvalue weighted by Gasteiger charge is 2.25. The zero-order valence-electron chi connectivity index (χ0n) is 18.9. The summed E-state index contributed by atoms with van der Waals surface area (Å²) < 4.78 is 0. The number of carbonyl (C=O) groups is 2. The van der Waals surface area contributed by atoms with Crippen molar-refractivity contribution in [3.63, 3.8) is 0 Å². The molecule has 0 unspecified atom stereocenters. The maximum atomic E-state index is 13.1. The molecule has 4 N–H and O–H groups in total. The van der Waals surface area contributed by atoms with Gasteiger partial charge in [-0.3, -0.25) is 9.59 Å². The van der Waals surface area contributed by atoms with Crippen molar-refractivity contribution < 1.29 is 20.3 Å². The van der Waals surface area contributed by atoms with E-state index in [-0.39, 0.29) is 11.8 Å². The maximum Gasteiger partial charge on any atom is 0.253 e. The van der Waals surface area contributed by atoms with Crippen LogP contribution >= 0.6 is 0 Å². The number of hydroxylamine groups is 1. The van der Waals surface area contributed by atoms with Gasteiger partial charge in [0.05, 0.1) is 11.6 Å². The van der Waals surface area contributed by atoms with Crippen LogP contribution in [0.15, 0.2) is 66.4 Å². The van der Waals surface area contributed by atoms with Crippen LogP contribution in [0, 0.1) is 18.3 Å². The third-order valence-electron chi connectivity index (χ3n) is 5.93. The lowest BCUT2D eigenvalue weighted by Gasteiger charge is -2.32. The van der Waals surface area contributed by atoms with Crippen molar-refractivity contribution in [1.29, 1.82) is 5.26 Å². The van der Waals surface area contributed by atoms with E-state index in [0.29, 0.717) is 41.4 Å². The minimum Gasteiger partial charge on any atom is -0.339 e. The summed E-state index contributed by atoms with van der Waals surface area (Å²) in [5, 5.41) is 20.5. The first-order chi connectivity index (χ1) is 15.9. The SMILES string of the molecule is CC(=CC=C[NH2+]O)C(=O)Nc1cc(C(=O)N2CCC(c3ccc(C#N)cc3)CC2)ccc1C. The highest BCUT2D eigenvalue weighted by atomic mass is 16.5. The van der Waals surface area contributed by atoms with E-state index in [4.69, 9.17) is 10.5 Å². The molecule has 2 amide bonds. The quantitative estimate of drug-likeness (QED) is 0.360. The number of carbonyl (C=O) groups excluding carboxylic acids is 2. The second kappa shape index (κ2) is 11.2. The average Bonchev–Trinajstić information content (AvgIpc) is 2.85. The molecule has 0 spiro atoms. The molecule has 1 fully saturated rings. The van der Waals surface area contributed by atoms with Crippen LogP contribution in [0.2, 0.25) is 0 Å². The molecule has 2 aromatic rings. The van der Waals surface area contributed by atoms with Crippen molar-refractivity contribution in [2.75, 3.05) is 18.4 Å². The monoisotopic (exact) mass is 445 g/mol. The fourth-order valence-electron chi connectivity index (χ4n) is 3.86. The van der Waals surface area contributed by atoms with Gasteiger partial charge in [-0.05, 0) is 80.2 Å². The topological polar surface area (TPSA) is 110 Å². The van der Waals surface area contributed by atoms with Crippen LogP contribution in [0.25, 0.3) is 0 Å². The zero-order chi connectivity index (χ0) is 23.8. The summed E-state index contributed by atoms with van der Waals surface area (Å²) in [6, 6.07) is 15.2. The summed E-state index contributed by atoms with van der Waals surface area (Å²) in [6.07, 6.45) is 6.34. The number of likely N-dealkylation sites (tertiary alicyclic amines) is 1. The van der Waals surface area contributed by atoms with Gasteiger partial charge in [0, 0.05) is 29.9 Å². The second-order valence-electron chi connectivity index (χ2n) is 8.17. The van der Waals surface area contributed by atoms with Gasteiger partial charge in [-0.2, -0.15) is 10.7 Å². The smallest absolute Gasteiger partial charge is 0.253 e. The van der Waals surface area contributed by atoms with E-state index in [1.807, 2.05) is 42.2 Å². The first kappa shape index (κ1) is 23.9. The molecular formula is C26H29N4O3+. The number of amides is 2. The number of nitrogens with one attached hydrogen (secondary N) is 1. The minimum atomic E-state index is -0.270. The second-order valence-corrected chi connectivity index (χ2v) is 8.17. The number of piperidine rings is 1. The van der Waals surface area contributed by atoms with E-state index in [0.717, 1.165) is 23.9 Å². The van der Waals surface area contributed by atoms with Crippen molar-refractivity contribution in [1.82, 2.24) is 4.90 Å². The molecule has 0 atom stereocenters. The van der Waals surface area contributed by atoms with Crippen molar-refractivity contribution in [3.8, 4) is 6.07 Å². The largest absolute Gasteiger partial charge is 0.339 e. The predicted molar refractivity (Wildman–Crippen MR) is 125 cm³/mol. The molecule has 3 rings (SSSR count). The molecule has 0 saturated carbocycles. The van der Waals surface area contributed by atoms with Crippen molar-refractivity contribution in [2.24, 2.45) is 0 Å². The molecule has 0 aliphatic carbocycles. The third kappa shape index (κ3) is 6.16. The third-order valence-corrected chi connectivity index (χ3v) is 5.93. The van der Waals surface area contributed by atoms with Gasteiger partial charge in [0.15, 0.2) is 0 Å². The molecular weight excluding hydrogens is 416 g/mol. The van der Waals surface area contributed by atoms with E-state index >= 15 is 0 Å². The van der Waals surface area contributed by atoms with Gasteiger partial charge in [0.2, 0.25) is 0 Å². The molecule has 0 aromatic heterocycles. The molecule has 1 aliphatic rings. The molecule has 1 aliphatic heterocycles. The summed E-state index contributed by atoms with van der Waals surface area (Å²) in [5.74, 6) is 0.0629. The van der Waals surface area contributed by atoms with Gasteiger partial charge >= 0.3 is 0 Å². The van der Waals surface area contributed by atoms with Gasteiger partial charge < -0.3 is 10.2 Å². The highest BCUT2D eigenvalue weighted by Crippen LogP contribution is 2.29. The molecule has 33 heavy (non-hydrogen) atoms. The van der Waals surface area contributed by atoms with E-state index in [1.165, 1.54) is 11.8 Å². The number of quaternary nitrogens is 1. The first-order valence-electron chi connectivity index (χ1n) is 10.9. The highest BCUT2D eigenvalue weighted by molar-refractivity contribution is 6.05. The molecule has 1 saturated heterocycles. The van der Waals surface area contributed by atoms with Crippen LogP contribution in [0.3, 0.4) is 0 Å². The number of nitriles is 1. The van der Waals surface area contributed by atoms with Crippen LogP contribution in [-0.2, 0) is 4.79 Å². The van der Waals surface area contributed by atoms with E-state index in [9.17, 15) is 9.59 Å². The lowest BCUT2D eigenvalue weighted by Crippen LogP contribution is -2.73. The number of hydrogen-bond donors (Lipinski definition) is 3. The number of nitrogens with zero attached hydrogens (tertiary/aromatic N) is 2. The lowest BCUT2D eigenvalue weighted by atomic mass is 9.89. The molecule has 7 nitrogen and oxygen atoms in total. The Hall–Kier alpha value is -3.73. The normalized spacial score (nSPS) is 14.8. The Kier molecular flexibility index (Phi) is 8.14. The summed E-state index contributed by atoms with van der Waals surface area (Å²) in [4.78, 5) is 27.4. The standard InChI is InChI=1S/C26H28N4O3/c1-18-5-8-23(16-24(18)29-25(31)19(2)4-3-13-28-33)26(32)30-14-11-22(12-15-30)21-9-6-20(17-27)7-10-21/h3-10,13,16,22,28,33H,11-12,14-15H2,1-2H3,(H,29,31)/p+1. The molecule has 0 bridgehead atoms. The summed E-state index contributed by atoms with van der Waals surface area (Å²) in [6.45, 7) is 4.89. The molecule has 0 radical (unpaired) electrons. The summed E-state index contributed by atoms with van der Waals surface area (Å²) in [5.41, 5.74) is 5.25. The van der Waals surface area contributed by atoms with Crippen LogP contribution < -0.4 is 10.8 Å². The Morgan fingerprint density at radius 3 is 2.52 bits per heavy atom. The van der Waals surface area contributed by atoms with Crippen LogP contribution in [0.1, 0.15) is 52.7 Å². The van der Waals surface area contributed by atoms with E-state index in [1.54, 1.807) is 31.2 Å². The summed E-state index contributed by atoms with van der Waals surface area (Å²) in [7, 11) is 0. The molecule has 1 heterocycles. The van der Waals surface area contributed by atoms with Gasteiger partial charge in [-0.15, -0.1) is 0 Å². The van der Waals surface area contributed by atoms with Crippen molar-refractivity contribution in [2.45, 2.75) is 32.6 Å². The average molecular weight is 446 g/mol. The Balaban J connectivity index is 1.64. The summed E-state index contributed by atoms with van der Waals surface area (Å²) >= 11 is 0.